The number of carbonyl (C=O) groups is 1. The van der Waals surface area contributed by atoms with Crippen molar-refractivity contribution in [2.24, 2.45) is 0 Å². The van der Waals surface area contributed by atoms with E-state index in [9.17, 15) is 9.90 Å². The Morgan fingerprint density at radius 2 is 1.91 bits per heavy atom. The molecule has 0 radical (unpaired) electrons. The molecular weight excluding hydrogens is 430 g/mol. The average Bonchev–Trinajstić information content (AvgIpc) is 3.12. The molecule has 2 aromatic carbocycles. The van der Waals surface area contributed by atoms with Gasteiger partial charge in [0.25, 0.3) is 5.91 Å². The molecule has 7 heteroatoms. The Hall–Kier alpha value is -2.45. The standard InChI is InChI=1S/C27H37N3O4/c1-21(2)29-11-6-12-30(14-13-29)27(32)22-9-10-23(18-28-15-16-33-25(19-28)20-31)26(17-22)34-24-7-4-3-5-8-24/h3-5,7-10,17,21,25,31H,6,11-16,18-20H2,1-2H3. The lowest BCUT2D eigenvalue weighted by Crippen LogP contribution is -2.43. The van der Waals surface area contributed by atoms with Crippen LogP contribution in [0.25, 0.3) is 0 Å². The highest BCUT2D eigenvalue weighted by Gasteiger charge is 2.24. The van der Waals surface area contributed by atoms with E-state index in [2.05, 4.69) is 23.6 Å². The lowest BCUT2D eigenvalue weighted by molar-refractivity contribution is -0.0552. The van der Waals surface area contributed by atoms with Gasteiger partial charge < -0.3 is 19.5 Å². The monoisotopic (exact) mass is 467 g/mol. The van der Waals surface area contributed by atoms with Gasteiger partial charge in [-0.1, -0.05) is 24.3 Å². The molecule has 2 fully saturated rings. The molecule has 2 aliphatic rings. The number of rotatable bonds is 7. The first kappa shape index (κ1) is 24.7. The smallest absolute Gasteiger partial charge is 0.254 e. The first-order valence-electron chi connectivity index (χ1n) is 12.4. The molecule has 0 aliphatic carbocycles. The number of morpholine rings is 1. The van der Waals surface area contributed by atoms with Gasteiger partial charge in [0, 0.05) is 63.0 Å². The predicted molar refractivity (Wildman–Crippen MR) is 132 cm³/mol. The molecule has 2 saturated heterocycles. The van der Waals surface area contributed by atoms with Crippen molar-refractivity contribution in [2.45, 2.75) is 39.0 Å². The van der Waals surface area contributed by atoms with Gasteiger partial charge in [-0.25, -0.2) is 0 Å². The van der Waals surface area contributed by atoms with Crippen molar-refractivity contribution in [2.75, 3.05) is 52.5 Å². The van der Waals surface area contributed by atoms with Crippen molar-refractivity contribution in [1.82, 2.24) is 14.7 Å². The summed E-state index contributed by atoms with van der Waals surface area (Å²) in [6.07, 6.45) is 0.819. The second-order valence-corrected chi connectivity index (χ2v) is 9.42. The molecule has 4 rings (SSSR count). The van der Waals surface area contributed by atoms with E-state index in [-0.39, 0.29) is 18.6 Å². The normalized spacial score (nSPS) is 20.4. The Kier molecular flexibility index (Phi) is 8.56. The highest BCUT2D eigenvalue weighted by Crippen LogP contribution is 2.29. The first-order chi connectivity index (χ1) is 16.5. The van der Waals surface area contributed by atoms with Crippen molar-refractivity contribution >= 4 is 5.91 Å². The molecule has 0 bridgehead atoms. The van der Waals surface area contributed by atoms with E-state index in [1.807, 2.05) is 53.4 Å². The molecule has 7 nitrogen and oxygen atoms in total. The van der Waals surface area contributed by atoms with E-state index in [1.165, 1.54) is 0 Å². The number of hydrogen-bond donors (Lipinski definition) is 1. The highest BCUT2D eigenvalue weighted by atomic mass is 16.5. The van der Waals surface area contributed by atoms with Crippen LogP contribution in [-0.4, -0.2) is 90.3 Å². The van der Waals surface area contributed by atoms with Gasteiger partial charge in [0.05, 0.1) is 19.3 Å². The number of amides is 1. The van der Waals surface area contributed by atoms with Gasteiger partial charge in [0.1, 0.15) is 11.5 Å². The lowest BCUT2D eigenvalue weighted by Gasteiger charge is -2.32. The number of aliphatic hydroxyl groups excluding tert-OH is 1. The van der Waals surface area contributed by atoms with Crippen LogP contribution in [0.1, 0.15) is 36.2 Å². The van der Waals surface area contributed by atoms with E-state index in [0.29, 0.717) is 37.1 Å². The second kappa shape index (κ2) is 11.8. The molecular formula is C27H37N3O4. The molecule has 1 unspecified atom stereocenters. The minimum Gasteiger partial charge on any atom is -0.457 e. The van der Waals surface area contributed by atoms with Crippen molar-refractivity contribution in [3.8, 4) is 11.5 Å². The summed E-state index contributed by atoms with van der Waals surface area (Å²) in [7, 11) is 0. The molecule has 0 aromatic heterocycles. The fourth-order valence-corrected chi connectivity index (χ4v) is 4.64. The lowest BCUT2D eigenvalue weighted by atomic mass is 10.1. The van der Waals surface area contributed by atoms with Gasteiger partial charge in [-0.3, -0.25) is 14.6 Å². The zero-order valence-corrected chi connectivity index (χ0v) is 20.4. The molecule has 1 N–H and O–H groups in total. The third-order valence-electron chi connectivity index (χ3n) is 6.65. The first-order valence-corrected chi connectivity index (χ1v) is 12.4. The molecule has 34 heavy (non-hydrogen) atoms. The van der Waals surface area contributed by atoms with Gasteiger partial charge in [-0.2, -0.15) is 0 Å². The third-order valence-corrected chi connectivity index (χ3v) is 6.65. The minimum atomic E-state index is -0.165. The summed E-state index contributed by atoms with van der Waals surface area (Å²) in [6, 6.07) is 16.0. The van der Waals surface area contributed by atoms with E-state index in [0.717, 1.165) is 50.5 Å². The van der Waals surface area contributed by atoms with Gasteiger partial charge in [-0.05, 0) is 44.5 Å². The van der Waals surface area contributed by atoms with Crippen LogP contribution in [0, 0.1) is 0 Å². The van der Waals surface area contributed by atoms with Crippen LogP contribution < -0.4 is 4.74 Å². The molecule has 0 saturated carbocycles. The maximum Gasteiger partial charge on any atom is 0.254 e. The average molecular weight is 468 g/mol. The number of carbonyl (C=O) groups excluding carboxylic acids is 1. The van der Waals surface area contributed by atoms with E-state index in [1.54, 1.807) is 0 Å². The molecule has 2 aliphatic heterocycles. The molecule has 184 valence electrons. The minimum absolute atomic E-state index is 0.0153. The third kappa shape index (κ3) is 6.36. The fourth-order valence-electron chi connectivity index (χ4n) is 4.64. The molecule has 2 heterocycles. The summed E-state index contributed by atoms with van der Waals surface area (Å²) < 4.78 is 11.9. The van der Waals surface area contributed by atoms with Crippen LogP contribution >= 0.6 is 0 Å². The van der Waals surface area contributed by atoms with Crippen molar-refractivity contribution in [3.05, 3.63) is 59.7 Å². The fraction of sp³-hybridized carbons (Fsp3) is 0.519. The number of nitrogens with zero attached hydrogens (tertiary/aromatic N) is 3. The van der Waals surface area contributed by atoms with Gasteiger partial charge >= 0.3 is 0 Å². The van der Waals surface area contributed by atoms with Gasteiger partial charge in [0.15, 0.2) is 0 Å². The summed E-state index contributed by atoms with van der Waals surface area (Å²) in [6.45, 7) is 10.6. The second-order valence-electron chi connectivity index (χ2n) is 9.42. The van der Waals surface area contributed by atoms with Crippen molar-refractivity contribution in [3.63, 3.8) is 0 Å². The van der Waals surface area contributed by atoms with Crippen LogP contribution in [0.2, 0.25) is 0 Å². The zero-order chi connectivity index (χ0) is 23.9. The van der Waals surface area contributed by atoms with Gasteiger partial charge in [0.2, 0.25) is 0 Å². The topological polar surface area (TPSA) is 65.5 Å². The number of ether oxygens (including phenoxy) is 2. The molecule has 2 aromatic rings. The summed E-state index contributed by atoms with van der Waals surface area (Å²) >= 11 is 0. The molecule has 0 spiro atoms. The number of hydrogen-bond acceptors (Lipinski definition) is 6. The molecule has 1 atom stereocenters. The number of para-hydroxylation sites is 1. The summed E-state index contributed by atoms with van der Waals surface area (Å²) in [5, 5.41) is 9.49. The number of aliphatic hydroxyl groups is 1. The predicted octanol–water partition coefficient (Wildman–Crippen LogP) is 3.23. The van der Waals surface area contributed by atoms with E-state index >= 15 is 0 Å². The SMILES string of the molecule is CC(C)N1CCCN(C(=O)c2ccc(CN3CCOC(CO)C3)c(Oc3ccccc3)c2)CC1. The summed E-state index contributed by atoms with van der Waals surface area (Å²) in [4.78, 5) is 20.1. The highest BCUT2D eigenvalue weighted by molar-refractivity contribution is 5.94. The van der Waals surface area contributed by atoms with Gasteiger partial charge in [-0.15, -0.1) is 0 Å². The van der Waals surface area contributed by atoms with E-state index < -0.39 is 0 Å². The van der Waals surface area contributed by atoms with Crippen LogP contribution in [-0.2, 0) is 11.3 Å². The molecule has 1 amide bonds. The van der Waals surface area contributed by atoms with Crippen LogP contribution in [0.5, 0.6) is 11.5 Å². The Labute approximate surface area is 202 Å². The largest absolute Gasteiger partial charge is 0.457 e. The van der Waals surface area contributed by atoms with Crippen molar-refractivity contribution < 1.29 is 19.4 Å². The summed E-state index contributed by atoms with van der Waals surface area (Å²) in [5.74, 6) is 1.50. The van der Waals surface area contributed by atoms with Crippen LogP contribution in [0.4, 0.5) is 0 Å². The van der Waals surface area contributed by atoms with Crippen LogP contribution in [0.15, 0.2) is 48.5 Å². The maximum atomic E-state index is 13.4. The Morgan fingerprint density at radius 3 is 2.68 bits per heavy atom. The zero-order valence-electron chi connectivity index (χ0n) is 20.4. The summed E-state index contributed by atoms with van der Waals surface area (Å²) in [5.41, 5.74) is 1.67. The Bertz CT molecular complexity index is 937. The van der Waals surface area contributed by atoms with E-state index in [4.69, 9.17) is 9.47 Å². The number of benzene rings is 2. The van der Waals surface area contributed by atoms with Crippen molar-refractivity contribution in [1.29, 1.82) is 0 Å². The Balaban J connectivity index is 1.54. The maximum absolute atomic E-state index is 13.4. The Morgan fingerprint density at radius 1 is 1.09 bits per heavy atom. The quantitative estimate of drug-likeness (QED) is 0.675. The van der Waals surface area contributed by atoms with Crippen LogP contribution in [0.3, 0.4) is 0 Å².